The Balaban J connectivity index is 1.42. The molecular formula is C24H18N4O3. The molecule has 152 valence electrons. The number of nitrogens with zero attached hydrogens (tertiary/aromatic N) is 3. The van der Waals surface area contributed by atoms with Gasteiger partial charge in [-0.3, -0.25) is 9.78 Å². The number of hydrogen-bond acceptors (Lipinski definition) is 6. The predicted octanol–water partition coefficient (Wildman–Crippen LogP) is 3.83. The van der Waals surface area contributed by atoms with Gasteiger partial charge in [-0.25, -0.2) is 10.4 Å². The zero-order valence-electron chi connectivity index (χ0n) is 16.5. The molecule has 7 heteroatoms. The standard InChI is InChI=1S/C24H18N4O3/c29-24(28-26-14-16-7-8-22-23(12-16)31-11-10-30-22)19-13-21(17-4-3-9-25-15-17)27-20-6-2-1-5-18(19)20/h1-9,12-15H,10-11H2,(H,28,29). The number of rotatable bonds is 4. The van der Waals surface area contributed by atoms with Crippen LogP contribution in [0.5, 0.6) is 11.5 Å². The number of amides is 1. The molecule has 1 amide bonds. The Bertz CT molecular complexity index is 1290. The zero-order valence-corrected chi connectivity index (χ0v) is 16.5. The molecule has 0 atom stereocenters. The normalized spacial score (nSPS) is 12.8. The summed E-state index contributed by atoms with van der Waals surface area (Å²) in [7, 11) is 0. The molecule has 0 aliphatic carbocycles. The molecule has 7 nitrogen and oxygen atoms in total. The first-order valence-corrected chi connectivity index (χ1v) is 9.81. The van der Waals surface area contributed by atoms with E-state index in [1.54, 1.807) is 24.7 Å². The van der Waals surface area contributed by atoms with Crippen molar-refractivity contribution in [2.45, 2.75) is 0 Å². The van der Waals surface area contributed by atoms with Gasteiger partial charge in [0.15, 0.2) is 11.5 Å². The van der Waals surface area contributed by atoms with Gasteiger partial charge >= 0.3 is 0 Å². The molecule has 31 heavy (non-hydrogen) atoms. The SMILES string of the molecule is O=C(NN=Cc1ccc2c(c1)OCCO2)c1cc(-c2cccnc2)nc2ccccc12. The number of aromatic nitrogens is 2. The van der Waals surface area contributed by atoms with E-state index >= 15 is 0 Å². The number of para-hydroxylation sites is 1. The van der Waals surface area contributed by atoms with Crippen LogP contribution < -0.4 is 14.9 Å². The van der Waals surface area contributed by atoms with Crippen LogP contribution in [-0.2, 0) is 0 Å². The number of nitrogens with one attached hydrogen (secondary N) is 1. The number of fused-ring (bicyclic) bond motifs is 2. The van der Waals surface area contributed by atoms with E-state index in [4.69, 9.17) is 9.47 Å². The van der Waals surface area contributed by atoms with Crippen LogP contribution >= 0.6 is 0 Å². The van der Waals surface area contributed by atoms with Crippen LogP contribution in [0, 0.1) is 0 Å². The highest BCUT2D eigenvalue weighted by atomic mass is 16.6. The van der Waals surface area contributed by atoms with E-state index in [1.807, 2.05) is 54.6 Å². The summed E-state index contributed by atoms with van der Waals surface area (Å²) in [6.45, 7) is 1.05. The third kappa shape index (κ3) is 3.93. The summed E-state index contributed by atoms with van der Waals surface area (Å²) >= 11 is 0. The van der Waals surface area contributed by atoms with E-state index in [-0.39, 0.29) is 5.91 Å². The molecule has 1 aliphatic rings. The molecule has 0 spiro atoms. The van der Waals surface area contributed by atoms with Crippen LogP contribution in [0.2, 0.25) is 0 Å². The minimum atomic E-state index is -0.322. The van der Waals surface area contributed by atoms with Gasteiger partial charge in [-0.15, -0.1) is 0 Å². The summed E-state index contributed by atoms with van der Waals surface area (Å²) in [5.74, 6) is 1.05. The summed E-state index contributed by atoms with van der Waals surface area (Å²) in [5.41, 5.74) is 6.13. The van der Waals surface area contributed by atoms with Crippen molar-refractivity contribution in [3.8, 4) is 22.8 Å². The van der Waals surface area contributed by atoms with Crippen molar-refractivity contribution in [2.75, 3.05) is 13.2 Å². The van der Waals surface area contributed by atoms with E-state index in [9.17, 15) is 4.79 Å². The van der Waals surface area contributed by atoms with Crippen LogP contribution in [0.25, 0.3) is 22.2 Å². The van der Waals surface area contributed by atoms with Crippen LogP contribution in [0.15, 0.2) is 78.2 Å². The Hall–Kier alpha value is -4.26. The van der Waals surface area contributed by atoms with Gasteiger partial charge in [0.1, 0.15) is 13.2 Å². The number of benzene rings is 2. The maximum Gasteiger partial charge on any atom is 0.272 e. The molecule has 0 saturated heterocycles. The highest BCUT2D eigenvalue weighted by Gasteiger charge is 2.14. The van der Waals surface area contributed by atoms with Crippen molar-refractivity contribution >= 4 is 23.0 Å². The van der Waals surface area contributed by atoms with Crippen molar-refractivity contribution < 1.29 is 14.3 Å². The number of pyridine rings is 2. The Kier molecular flexibility index (Phi) is 4.98. The fraction of sp³-hybridized carbons (Fsp3) is 0.0833. The van der Waals surface area contributed by atoms with E-state index in [0.717, 1.165) is 22.0 Å². The highest BCUT2D eigenvalue weighted by molar-refractivity contribution is 6.07. The number of hydrazone groups is 1. The second-order valence-electron chi connectivity index (χ2n) is 6.92. The van der Waals surface area contributed by atoms with Gasteiger partial charge in [0.25, 0.3) is 5.91 Å². The lowest BCUT2D eigenvalue weighted by atomic mass is 10.0. The van der Waals surface area contributed by atoms with Crippen molar-refractivity contribution in [3.05, 3.63) is 84.2 Å². The van der Waals surface area contributed by atoms with Crippen molar-refractivity contribution in [2.24, 2.45) is 5.10 Å². The first kappa shape index (κ1) is 18.7. The summed E-state index contributed by atoms with van der Waals surface area (Å²) in [6, 6.07) is 18.5. The number of hydrogen-bond donors (Lipinski definition) is 1. The lowest BCUT2D eigenvalue weighted by Gasteiger charge is -2.18. The van der Waals surface area contributed by atoms with Gasteiger partial charge in [-0.1, -0.05) is 18.2 Å². The summed E-state index contributed by atoms with van der Waals surface area (Å²) in [4.78, 5) is 21.8. The second kappa shape index (κ2) is 8.23. The van der Waals surface area contributed by atoms with Gasteiger partial charge < -0.3 is 9.47 Å². The summed E-state index contributed by atoms with van der Waals surface area (Å²) in [5, 5.41) is 4.87. The third-order valence-corrected chi connectivity index (χ3v) is 4.86. The van der Waals surface area contributed by atoms with Gasteiger partial charge in [-0.05, 0) is 48.0 Å². The molecule has 2 aromatic carbocycles. The molecule has 5 rings (SSSR count). The molecular weight excluding hydrogens is 392 g/mol. The molecule has 2 aromatic heterocycles. The topological polar surface area (TPSA) is 85.7 Å². The number of carbonyl (C=O) groups is 1. The maximum atomic E-state index is 13.0. The van der Waals surface area contributed by atoms with E-state index in [0.29, 0.717) is 36.0 Å². The molecule has 0 unspecified atom stereocenters. The highest BCUT2D eigenvalue weighted by Crippen LogP contribution is 2.30. The van der Waals surface area contributed by atoms with Crippen molar-refractivity contribution in [3.63, 3.8) is 0 Å². The second-order valence-corrected chi connectivity index (χ2v) is 6.92. The summed E-state index contributed by atoms with van der Waals surface area (Å²) in [6.07, 6.45) is 4.99. The molecule has 1 aliphatic heterocycles. The van der Waals surface area contributed by atoms with E-state index in [1.165, 1.54) is 0 Å². The third-order valence-electron chi connectivity index (χ3n) is 4.86. The fourth-order valence-corrected chi connectivity index (χ4v) is 3.39. The average molecular weight is 410 g/mol. The fourth-order valence-electron chi connectivity index (χ4n) is 3.39. The monoisotopic (exact) mass is 410 g/mol. The number of carbonyl (C=O) groups excluding carboxylic acids is 1. The lowest BCUT2D eigenvalue weighted by molar-refractivity contribution is 0.0956. The quantitative estimate of drug-likeness (QED) is 0.408. The maximum absolute atomic E-state index is 13.0. The Morgan fingerprint density at radius 3 is 2.74 bits per heavy atom. The molecule has 0 fully saturated rings. The molecule has 3 heterocycles. The van der Waals surface area contributed by atoms with Crippen LogP contribution in [0.4, 0.5) is 0 Å². The molecule has 0 bridgehead atoms. The largest absolute Gasteiger partial charge is 0.486 e. The Morgan fingerprint density at radius 2 is 1.87 bits per heavy atom. The first-order valence-electron chi connectivity index (χ1n) is 9.81. The van der Waals surface area contributed by atoms with Crippen LogP contribution in [-0.4, -0.2) is 35.3 Å². The minimum absolute atomic E-state index is 0.322. The van der Waals surface area contributed by atoms with E-state index < -0.39 is 0 Å². The van der Waals surface area contributed by atoms with Crippen molar-refractivity contribution in [1.29, 1.82) is 0 Å². The number of ether oxygens (including phenoxy) is 2. The average Bonchev–Trinajstić information content (AvgIpc) is 2.83. The van der Waals surface area contributed by atoms with Gasteiger partial charge in [-0.2, -0.15) is 5.10 Å². The predicted molar refractivity (Wildman–Crippen MR) is 117 cm³/mol. The summed E-state index contributed by atoms with van der Waals surface area (Å²) < 4.78 is 11.1. The molecule has 0 radical (unpaired) electrons. The molecule has 0 saturated carbocycles. The molecule has 1 N–H and O–H groups in total. The van der Waals surface area contributed by atoms with Crippen LogP contribution in [0.3, 0.4) is 0 Å². The van der Waals surface area contributed by atoms with Gasteiger partial charge in [0, 0.05) is 23.3 Å². The van der Waals surface area contributed by atoms with Crippen molar-refractivity contribution in [1.82, 2.24) is 15.4 Å². The Morgan fingerprint density at radius 1 is 1.00 bits per heavy atom. The first-order chi connectivity index (χ1) is 15.3. The molecule has 4 aromatic rings. The minimum Gasteiger partial charge on any atom is -0.486 e. The van der Waals surface area contributed by atoms with E-state index in [2.05, 4.69) is 20.5 Å². The van der Waals surface area contributed by atoms with Gasteiger partial charge in [0.05, 0.1) is 23.0 Å². The zero-order chi connectivity index (χ0) is 21.0. The lowest BCUT2D eigenvalue weighted by Crippen LogP contribution is -2.18. The van der Waals surface area contributed by atoms with Gasteiger partial charge in [0.2, 0.25) is 0 Å². The van der Waals surface area contributed by atoms with Crippen LogP contribution in [0.1, 0.15) is 15.9 Å². The smallest absolute Gasteiger partial charge is 0.272 e. The Labute approximate surface area is 178 Å².